The largest absolute Gasteiger partial charge is 0.497 e. The summed E-state index contributed by atoms with van der Waals surface area (Å²) in [6.07, 6.45) is 4.32. The number of pyridine rings is 2. The number of hydrogen-bond donors (Lipinski definition) is 1. The number of ether oxygens (including phenoxy) is 1. The lowest BCUT2D eigenvalue weighted by Gasteiger charge is -2.08. The molecule has 1 atom stereocenters. The molecule has 5 heteroatoms. The molecule has 5 nitrogen and oxygen atoms in total. The molecule has 0 bridgehead atoms. The highest BCUT2D eigenvalue weighted by atomic mass is 16.5. The van der Waals surface area contributed by atoms with Crippen LogP contribution in [0.2, 0.25) is 0 Å². The van der Waals surface area contributed by atoms with E-state index >= 15 is 0 Å². The maximum absolute atomic E-state index is 5.22. The molecule has 0 radical (unpaired) electrons. The summed E-state index contributed by atoms with van der Waals surface area (Å²) >= 11 is 0. The van der Waals surface area contributed by atoms with Crippen LogP contribution in [0.25, 0.3) is 11.2 Å². The Hall–Kier alpha value is -2.43. The Morgan fingerprint density at radius 1 is 1.25 bits per heavy atom. The molecule has 0 fully saturated rings. The van der Waals surface area contributed by atoms with Crippen LogP contribution in [0.1, 0.15) is 24.4 Å². The van der Waals surface area contributed by atoms with Gasteiger partial charge in [-0.1, -0.05) is 6.92 Å². The Labute approximate surface area is 117 Å². The van der Waals surface area contributed by atoms with E-state index in [9.17, 15) is 0 Å². The van der Waals surface area contributed by atoms with Crippen LogP contribution in [0.4, 0.5) is 0 Å². The molecule has 3 aromatic heterocycles. The summed E-state index contributed by atoms with van der Waals surface area (Å²) in [7, 11) is 1.66. The Morgan fingerprint density at radius 3 is 2.95 bits per heavy atom. The lowest BCUT2D eigenvalue weighted by Crippen LogP contribution is -2.02. The van der Waals surface area contributed by atoms with Crippen LogP contribution in [0.5, 0.6) is 5.75 Å². The van der Waals surface area contributed by atoms with Gasteiger partial charge in [-0.15, -0.1) is 0 Å². The summed E-state index contributed by atoms with van der Waals surface area (Å²) in [5, 5.41) is 0. The number of hydrogen-bond acceptors (Lipinski definition) is 4. The van der Waals surface area contributed by atoms with E-state index in [1.165, 1.54) is 0 Å². The van der Waals surface area contributed by atoms with E-state index in [2.05, 4.69) is 26.9 Å². The maximum Gasteiger partial charge on any atom is 0.177 e. The molecule has 0 saturated heterocycles. The second kappa shape index (κ2) is 5.28. The van der Waals surface area contributed by atoms with Crippen LogP contribution < -0.4 is 4.74 Å². The van der Waals surface area contributed by atoms with Crippen molar-refractivity contribution in [3.8, 4) is 5.75 Å². The standard InChI is InChI=1S/C15H16N4O/c1-10(8-11-9-12(20-2)5-7-16-11)14-18-13-4-3-6-17-15(13)19-14/h3-7,9-10H,8H2,1-2H3,(H,17,18,19)/t10-/m1/s1. The fourth-order valence-electron chi connectivity index (χ4n) is 2.20. The summed E-state index contributed by atoms with van der Waals surface area (Å²) in [5.41, 5.74) is 2.71. The molecule has 3 aromatic rings. The van der Waals surface area contributed by atoms with Gasteiger partial charge in [-0.25, -0.2) is 9.97 Å². The van der Waals surface area contributed by atoms with Crippen LogP contribution in [-0.4, -0.2) is 27.0 Å². The first-order valence-electron chi connectivity index (χ1n) is 6.56. The normalized spacial score (nSPS) is 12.5. The average Bonchev–Trinajstić information content (AvgIpc) is 2.91. The molecule has 1 N–H and O–H groups in total. The van der Waals surface area contributed by atoms with Crippen molar-refractivity contribution in [2.75, 3.05) is 7.11 Å². The highest BCUT2D eigenvalue weighted by Gasteiger charge is 2.13. The van der Waals surface area contributed by atoms with Gasteiger partial charge in [-0.05, 0) is 24.6 Å². The molecule has 0 aliphatic rings. The fraction of sp³-hybridized carbons (Fsp3) is 0.267. The van der Waals surface area contributed by atoms with E-state index in [1.807, 2.05) is 24.3 Å². The molecule has 20 heavy (non-hydrogen) atoms. The van der Waals surface area contributed by atoms with Crippen molar-refractivity contribution >= 4 is 11.2 Å². The zero-order chi connectivity index (χ0) is 13.9. The molecule has 0 unspecified atom stereocenters. The van der Waals surface area contributed by atoms with Gasteiger partial charge in [0.25, 0.3) is 0 Å². The van der Waals surface area contributed by atoms with Crippen LogP contribution >= 0.6 is 0 Å². The predicted octanol–water partition coefficient (Wildman–Crippen LogP) is 2.71. The average molecular weight is 268 g/mol. The summed E-state index contributed by atoms with van der Waals surface area (Å²) in [6.45, 7) is 2.12. The predicted molar refractivity (Wildman–Crippen MR) is 76.8 cm³/mol. The van der Waals surface area contributed by atoms with Crippen molar-refractivity contribution in [2.45, 2.75) is 19.3 Å². The minimum atomic E-state index is 0.240. The lowest BCUT2D eigenvalue weighted by atomic mass is 10.0. The quantitative estimate of drug-likeness (QED) is 0.790. The lowest BCUT2D eigenvalue weighted by molar-refractivity contribution is 0.413. The highest BCUT2D eigenvalue weighted by Crippen LogP contribution is 2.21. The summed E-state index contributed by atoms with van der Waals surface area (Å²) in [4.78, 5) is 16.4. The van der Waals surface area contributed by atoms with Gasteiger partial charge < -0.3 is 9.72 Å². The molecule has 0 aromatic carbocycles. The first kappa shape index (κ1) is 12.6. The number of aromatic amines is 1. The molecule has 0 amide bonds. The van der Waals surface area contributed by atoms with Crippen LogP contribution in [-0.2, 0) is 6.42 Å². The number of nitrogens with one attached hydrogen (secondary N) is 1. The van der Waals surface area contributed by atoms with Gasteiger partial charge in [-0.2, -0.15) is 0 Å². The van der Waals surface area contributed by atoms with Gasteiger partial charge in [0, 0.05) is 30.1 Å². The molecule has 0 aliphatic carbocycles. The smallest absolute Gasteiger partial charge is 0.177 e. The first-order valence-corrected chi connectivity index (χ1v) is 6.56. The van der Waals surface area contributed by atoms with Gasteiger partial charge >= 0.3 is 0 Å². The number of imidazole rings is 1. The summed E-state index contributed by atoms with van der Waals surface area (Å²) < 4.78 is 5.22. The molecule has 3 rings (SSSR count). The van der Waals surface area contributed by atoms with Crippen LogP contribution in [0.15, 0.2) is 36.7 Å². The first-order chi connectivity index (χ1) is 9.76. The second-order valence-corrected chi connectivity index (χ2v) is 4.79. The third-order valence-electron chi connectivity index (χ3n) is 3.28. The Balaban J connectivity index is 1.82. The number of rotatable bonds is 4. The Bertz CT molecular complexity index is 689. The van der Waals surface area contributed by atoms with Crippen molar-refractivity contribution in [2.24, 2.45) is 0 Å². The zero-order valence-electron chi connectivity index (χ0n) is 11.5. The van der Waals surface area contributed by atoms with Crippen LogP contribution in [0.3, 0.4) is 0 Å². The van der Waals surface area contributed by atoms with Crippen LogP contribution in [0, 0.1) is 0 Å². The fourth-order valence-corrected chi connectivity index (χ4v) is 2.20. The highest BCUT2D eigenvalue weighted by molar-refractivity contribution is 5.70. The number of aromatic nitrogens is 4. The van der Waals surface area contributed by atoms with Gasteiger partial charge in [0.2, 0.25) is 0 Å². The van der Waals surface area contributed by atoms with Gasteiger partial charge in [-0.3, -0.25) is 4.98 Å². The van der Waals surface area contributed by atoms with Gasteiger partial charge in [0.05, 0.1) is 12.6 Å². The van der Waals surface area contributed by atoms with Gasteiger partial charge in [0.15, 0.2) is 5.65 Å². The second-order valence-electron chi connectivity index (χ2n) is 4.79. The SMILES string of the molecule is COc1ccnc(C[C@@H](C)c2nc3ncccc3[nH]2)c1. The third-order valence-corrected chi connectivity index (χ3v) is 3.28. The summed E-state index contributed by atoms with van der Waals surface area (Å²) in [5.74, 6) is 2.00. The molecule has 102 valence electrons. The third kappa shape index (κ3) is 2.47. The Morgan fingerprint density at radius 2 is 2.15 bits per heavy atom. The van der Waals surface area contributed by atoms with E-state index in [4.69, 9.17) is 4.74 Å². The van der Waals surface area contributed by atoms with E-state index in [-0.39, 0.29) is 5.92 Å². The zero-order valence-corrected chi connectivity index (χ0v) is 11.5. The molecular formula is C15H16N4O. The molecule has 3 heterocycles. The number of nitrogens with zero attached hydrogens (tertiary/aromatic N) is 3. The summed E-state index contributed by atoms with van der Waals surface area (Å²) in [6, 6.07) is 7.69. The van der Waals surface area contributed by atoms with E-state index in [0.717, 1.165) is 34.9 Å². The topological polar surface area (TPSA) is 63.7 Å². The van der Waals surface area contributed by atoms with Crippen molar-refractivity contribution < 1.29 is 4.74 Å². The van der Waals surface area contributed by atoms with E-state index in [1.54, 1.807) is 19.5 Å². The molecule has 0 aliphatic heterocycles. The Kier molecular flexibility index (Phi) is 3.33. The minimum absolute atomic E-state index is 0.240. The van der Waals surface area contributed by atoms with Gasteiger partial charge in [0.1, 0.15) is 11.6 Å². The van der Waals surface area contributed by atoms with E-state index < -0.39 is 0 Å². The number of H-pyrrole nitrogens is 1. The maximum atomic E-state index is 5.22. The van der Waals surface area contributed by atoms with Crippen molar-refractivity contribution in [3.63, 3.8) is 0 Å². The van der Waals surface area contributed by atoms with Crippen molar-refractivity contribution in [1.82, 2.24) is 19.9 Å². The number of methoxy groups -OCH3 is 1. The number of fused-ring (bicyclic) bond motifs is 1. The monoisotopic (exact) mass is 268 g/mol. The minimum Gasteiger partial charge on any atom is -0.497 e. The molecule has 0 spiro atoms. The molecule has 0 saturated carbocycles. The van der Waals surface area contributed by atoms with Crippen molar-refractivity contribution in [3.05, 3.63) is 48.2 Å². The molecular weight excluding hydrogens is 252 g/mol. The van der Waals surface area contributed by atoms with E-state index in [0.29, 0.717) is 0 Å². The van der Waals surface area contributed by atoms with Crippen molar-refractivity contribution in [1.29, 1.82) is 0 Å².